The van der Waals surface area contributed by atoms with Gasteiger partial charge in [0.2, 0.25) is 5.91 Å². The highest BCUT2D eigenvalue weighted by Gasteiger charge is 2.37. The molecule has 0 aliphatic heterocycles. The van der Waals surface area contributed by atoms with E-state index in [2.05, 4.69) is 12.2 Å². The number of nitrogens with one attached hydrogen (secondary N) is 1. The number of rotatable bonds is 7. The van der Waals surface area contributed by atoms with Gasteiger partial charge < -0.3 is 11.1 Å². The Balaban J connectivity index is 1.93. The smallest absolute Gasteiger partial charge is 0.220 e. The van der Waals surface area contributed by atoms with E-state index in [0.29, 0.717) is 11.8 Å². The molecule has 3 nitrogen and oxygen atoms in total. The number of unbranched alkanes of at least 4 members (excludes halogenated alkanes) is 2. The molecule has 3 N–H and O–H groups in total. The van der Waals surface area contributed by atoms with Crippen LogP contribution in [0.4, 0.5) is 0 Å². The minimum Gasteiger partial charge on any atom is -0.356 e. The van der Waals surface area contributed by atoms with Crippen molar-refractivity contribution in [3.05, 3.63) is 0 Å². The van der Waals surface area contributed by atoms with Crippen LogP contribution < -0.4 is 11.1 Å². The maximum absolute atomic E-state index is 11.3. The van der Waals surface area contributed by atoms with E-state index in [1.54, 1.807) is 0 Å². The third-order valence-electron chi connectivity index (χ3n) is 2.92. The summed E-state index contributed by atoms with van der Waals surface area (Å²) in [7, 11) is 0. The molecule has 14 heavy (non-hydrogen) atoms. The Hall–Kier alpha value is -0.570. The fourth-order valence-corrected chi connectivity index (χ4v) is 1.40. The maximum Gasteiger partial charge on any atom is 0.220 e. The van der Waals surface area contributed by atoms with Gasteiger partial charge in [0, 0.05) is 13.0 Å². The maximum atomic E-state index is 11.3. The van der Waals surface area contributed by atoms with E-state index in [1.165, 1.54) is 12.8 Å². The summed E-state index contributed by atoms with van der Waals surface area (Å²) in [6, 6.07) is 0. The molecule has 0 aromatic rings. The van der Waals surface area contributed by atoms with Crippen LogP contribution in [0.5, 0.6) is 0 Å². The van der Waals surface area contributed by atoms with Gasteiger partial charge in [-0.15, -0.1) is 0 Å². The van der Waals surface area contributed by atoms with Crippen molar-refractivity contribution >= 4 is 5.91 Å². The lowest BCUT2D eigenvalue weighted by Gasteiger charge is -2.09. The molecule has 0 spiro atoms. The molecular weight excluding hydrogens is 176 g/mol. The summed E-state index contributed by atoms with van der Waals surface area (Å²) in [6.07, 6.45) is 6.27. The van der Waals surface area contributed by atoms with E-state index >= 15 is 0 Å². The fourth-order valence-electron chi connectivity index (χ4n) is 1.40. The summed E-state index contributed by atoms with van der Waals surface area (Å²) >= 11 is 0. The number of carbonyl (C=O) groups is 1. The Morgan fingerprint density at radius 3 is 2.64 bits per heavy atom. The molecule has 1 saturated carbocycles. The number of nitrogens with two attached hydrogens (primary N) is 1. The summed E-state index contributed by atoms with van der Waals surface area (Å²) in [5.74, 6) is 0.204. The highest BCUT2D eigenvalue weighted by atomic mass is 16.1. The molecule has 0 unspecified atom stereocenters. The van der Waals surface area contributed by atoms with Crippen LogP contribution >= 0.6 is 0 Å². The molecule has 0 radical (unpaired) electrons. The minimum absolute atomic E-state index is 0.204. The molecule has 0 aromatic carbocycles. The molecule has 1 amide bonds. The monoisotopic (exact) mass is 198 g/mol. The molecule has 1 rings (SSSR count). The number of amides is 1. The molecule has 1 aliphatic rings. The molecular formula is C11H22N2O. The summed E-state index contributed by atoms with van der Waals surface area (Å²) in [6.45, 7) is 3.82. The normalized spacial score (nSPS) is 17.9. The van der Waals surface area contributed by atoms with Crippen LogP contribution in [-0.4, -0.2) is 19.0 Å². The first kappa shape index (κ1) is 11.5. The van der Waals surface area contributed by atoms with E-state index < -0.39 is 0 Å². The van der Waals surface area contributed by atoms with E-state index in [1.807, 2.05) is 0 Å². The van der Waals surface area contributed by atoms with Gasteiger partial charge in [0.05, 0.1) is 0 Å². The topological polar surface area (TPSA) is 55.1 Å². The van der Waals surface area contributed by atoms with Gasteiger partial charge in [-0.1, -0.05) is 13.3 Å². The predicted molar refractivity (Wildman–Crippen MR) is 57.9 cm³/mol. The molecule has 3 heteroatoms. The second-order valence-electron chi connectivity index (χ2n) is 4.69. The van der Waals surface area contributed by atoms with Crippen LogP contribution in [0.15, 0.2) is 0 Å². The van der Waals surface area contributed by atoms with Crippen LogP contribution in [0, 0.1) is 5.41 Å². The first-order valence-corrected chi connectivity index (χ1v) is 5.63. The lowest BCUT2D eigenvalue weighted by molar-refractivity contribution is -0.121. The van der Waals surface area contributed by atoms with Crippen LogP contribution in [0.1, 0.15) is 45.4 Å². The van der Waals surface area contributed by atoms with Gasteiger partial charge in [0.25, 0.3) is 0 Å². The second kappa shape index (κ2) is 5.35. The molecule has 1 aliphatic carbocycles. The van der Waals surface area contributed by atoms with Crippen LogP contribution in [0.25, 0.3) is 0 Å². The summed E-state index contributed by atoms with van der Waals surface area (Å²) in [5.41, 5.74) is 5.79. The molecule has 0 heterocycles. The lowest BCUT2D eigenvalue weighted by atomic mass is 10.1. The molecule has 0 saturated heterocycles. The second-order valence-corrected chi connectivity index (χ2v) is 4.69. The lowest BCUT2D eigenvalue weighted by Crippen LogP contribution is -2.28. The molecule has 0 bridgehead atoms. The van der Waals surface area contributed by atoms with Gasteiger partial charge >= 0.3 is 0 Å². The highest BCUT2D eigenvalue weighted by Crippen LogP contribution is 2.43. The summed E-state index contributed by atoms with van der Waals surface area (Å²) < 4.78 is 0. The molecule has 82 valence electrons. The third kappa shape index (κ3) is 4.61. The predicted octanol–water partition coefficient (Wildman–Crippen LogP) is 1.42. The minimum atomic E-state index is 0.204. The van der Waals surface area contributed by atoms with Gasteiger partial charge in [0.1, 0.15) is 0 Å². The van der Waals surface area contributed by atoms with Gasteiger partial charge in [-0.2, -0.15) is 0 Å². The summed E-state index contributed by atoms with van der Waals surface area (Å²) in [5, 5.41) is 2.99. The largest absolute Gasteiger partial charge is 0.356 e. The molecule has 1 fully saturated rings. The Kier molecular flexibility index (Phi) is 4.39. The quantitative estimate of drug-likeness (QED) is 0.608. The van der Waals surface area contributed by atoms with Gasteiger partial charge in [-0.05, 0) is 37.6 Å². The van der Waals surface area contributed by atoms with Gasteiger partial charge in [-0.3, -0.25) is 4.79 Å². The first-order valence-electron chi connectivity index (χ1n) is 5.63. The zero-order chi connectivity index (χ0) is 10.4. The molecule has 0 aromatic heterocycles. The SMILES string of the molecule is CC1(CNC(=O)CCCCCN)CC1. The van der Waals surface area contributed by atoms with Crippen molar-refractivity contribution in [2.75, 3.05) is 13.1 Å². The first-order chi connectivity index (χ1) is 6.66. The van der Waals surface area contributed by atoms with Crippen molar-refractivity contribution in [3.8, 4) is 0 Å². The number of carbonyl (C=O) groups excluding carboxylic acids is 1. The van der Waals surface area contributed by atoms with E-state index in [9.17, 15) is 4.79 Å². The van der Waals surface area contributed by atoms with Crippen LogP contribution in [0.3, 0.4) is 0 Å². The average molecular weight is 198 g/mol. The zero-order valence-electron chi connectivity index (χ0n) is 9.14. The Morgan fingerprint density at radius 2 is 2.07 bits per heavy atom. The molecule has 0 atom stereocenters. The van der Waals surface area contributed by atoms with E-state index in [4.69, 9.17) is 5.73 Å². The van der Waals surface area contributed by atoms with Crippen molar-refractivity contribution in [1.29, 1.82) is 0 Å². The van der Waals surface area contributed by atoms with Gasteiger partial charge in [0.15, 0.2) is 0 Å². The van der Waals surface area contributed by atoms with Crippen molar-refractivity contribution < 1.29 is 4.79 Å². The number of hydrogen-bond acceptors (Lipinski definition) is 2. The van der Waals surface area contributed by atoms with Crippen molar-refractivity contribution in [3.63, 3.8) is 0 Å². The third-order valence-corrected chi connectivity index (χ3v) is 2.92. The Bertz CT molecular complexity index is 188. The van der Waals surface area contributed by atoms with Crippen LogP contribution in [0.2, 0.25) is 0 Å². The van der Waals surface area contributed by atoms with E-state index in [-0.39, 0.29) is 5.91 Å². The number of hydrogen-bond donors (Lipinski definition) is 2. The van der Waals surface area contributed by atoms with Gasteiger partial charge in [-0.25, -0.2) is 0 Å². The highest BCUT2D eigenvalue weighted by molar-refractivity contribution is 5.75. The van der Waals surface area contributed by atoms with Crippen molar-refractivity contribution in [2.24, 2.45) is 11.1 Å². The fraction of sp³-hybridized carbons (Fsp3) is 0.909. The van der Waals surface area contributed by atoms with Crippen LogP contribution in [-0.2, 0) is 4.79 Å². The standard InChI is InChI=1S/C11H22N2O/c1-11(6-7-11)9-13-10(14)5-3-2-4-8-12/h2-9,12H2,1H3,(H,13,14). The zero-order valence-corrected chi connectivity index (χ0v) is 9.14. The Morgan fingerprint density at radius 1 is 1.36 bits per heavy atom. The summed E-state index contributed by atoms with van der Waals surface area (Å²) in [4.78, 5) is 11.3. The van der Waals surface area contributed by atoms with E-state index in [0.717, 1.165) is 32.4 Å². The van der Waals surface area contributed by atoms with Crippen molar-refractivity contribution in [1.82, 2.24) is 5.32 Å². The Labute approximate surface area is 86.4 Å². The average Bonchev–Trinajstić information content (AvgIpc) is 2.89. The van der Waals surface area contributed by atoms with Crippen molar-refractivity contribution in [2.45, 2.75) is 45.4 Å².